The normalized spacial score (nSPS) is 16.4. The number of hydrazone groups is 1. The van der Waals surface area contributed by atoms with Crippen LogP contribution in [0.25, 0.3) is 6.08 Å². The number of rotatable bonds is 7. The number of nitrogens with zero attached hydrogens (tertiary/aromatic N) is 3. The third-order valence-corrected chi connectivity index (χ3v) is 4.73. The fraction of sp³-hybridized carbons (Fsp3) is 0.304. The van der Waals surface area contributed by atoms with Gasteiger partial charge in [0, 0.05) is 32.7 Å². The van der Waals surface area contributed by atoms with Gasteiger partial charge in [0.25, 0.3) is 5.91 Å². The Labute approximate surface area is 167 Å². The molecule has 0 aliphatic carbocycles. The first-order valence-electron chi connectivity index (χ1n) is 9.73. The van der Waals surface area contributed by atoms with Crippen LogP contribution in [0.3, 0.4) is 0 Å². The van der Waals surface area contributed by atoms with Gasteiger partial charge >= 0.3 is 0 Å². The van der Waals surface area contributed by atoms with Crippen LogP contribution in [0.1, 0.15) is 18.1 Å². The smallest absolute Gasteiger partial charge is 0.254 e. The first kappa shape index (κ1) is 20.0. The number of carbonyl (C=O) groups is 1. The minimum Gasteiger partial charge on any atom is -0.297 e. The van der Waals surface area contributed by atoms with Crippen molar-refractivity contribution in [3.63, 3.8) is 0 Å². The van der Waals surface area contributed by atoms with E-state index in [2.05, 4.69) is 44.6 Å². The number of amides is 1. The van der Waals surface area contributed by atoms with Gasteiger partial charge in [-0.1, -0.05) is 66.7 Å². The number of hydrogen-bond acceptors (Lipinski definition) is 4. The van der Waals surface area contributed by atoms with Crippen LogP contribution in [0.2, 0.25) is 0 Å². The molecule has 1 saturated heterocycles. The van der Waals surface area contributed by atoms with E-state index in [1.54, 1.807) is 6.21 Å². The van der Waals surface area contributed by atoms with Crippen molar-refractivity contribution in [1.82, 2.24) is 15.2 Å². The van der Waals surface area contributed by atoms with Gasteiger partial charge < -0.3 is 0 Å². The van der Waals surface area contributed by atoms with Crippen LogP contribution in [-0.2, 0) is 11.3 Å². The highest BCUT2D eigenvalue weighted by molar-refractivity contribution is 5.86. The molecule has 0 saturated carbocycles. The lowest BCUT2D eigenvalue weighted by Crippen LogP contribution is -2.48. The minimum atomic E-state index is -0.0692. The second-order valence-corrected chi connectivity index (χ2v) is 7.13. The van der Waals surface area contributed by atoms with Crippen LogP contribution in [0.15, 0.2) is 71.3 Å². The number of hydrogen-bond donors (Lipinski definition) is 1. The van der Waals surface area contributed by atoms with Crippen LogP contribution >= 0.6 is 0 Å². The Bertz CT molecular complexity index is 794. The van der Waals surface area contributed by atoms with Crippen molar-refractivity contribution >= 4 is 18.2 Å². The first-order valence-corrected chi connectivity index (χ1v) is 9.73. The molecule has 1 N–H and O–H groups in total. The lowest BCUT2D eigenvalue weighted by Gasteiger charge is -2.34. The molecule has 5 nitrogen and oxygen atoms in total. The molecular formula is C23H28N4O. The second-order valence-electron chi connectivity index (χ2n) is 7.13. The molecule has 1 amide bonds. The average molecular weight is 377 g/mol. The number of carbonyl (C=O) groups excluding carboxylic acids is 1. The van der Waals surface area contributed by atoms with Gasteiger partial charge in [0.1, 0.15) is 0 Å². The molecule has 0 atom stereocenters. The first-order chi connectivity index (χ1) is 13.7. The topological polar surface area (TPSA) is 47.9 Å². The molecule has 5 heteroatoms. The maximum atomic E-state index is 12.1. The standard InChI is InChI=1S/C23H28N4O/c1-20(16-21-8-4-2-5-9-21)17-24-25-23(28)19-27-14-12-26(13-15-27)18-22-10-6-3-7-11-22/h2-11,16-17H,12-15,18-19H2,1H3,(H,25,28)/b20-16+,24-17+. The predicted molar refractivity (Wildman–Crippen MR) is 115 cm³/mol. The van der Waals surface area contributed by atoms with Gasteiger partial charge in [-0.3, -0.25) is 14.6 Å². The van der Waals surface area contributed by atoms with E-state index in [4.69, 9.17) is 0 Å². The summed E-state index contributed by atoms with van der Waals surface area (Å²) >= 11 is 0. The molecule has 0 spiro atoms. The van der Waals surface area contributed by atoms with E-state index in [0.29, 0.717) is 6.54 Å². The SMILES string of the molecule is CC(/C=N/NC(=O)CN1CCN(Cc2ccccc2)CC1)=C\c1ccccc1. The summed E-state index contributed by atoms with van der Waals surface area (Å²) < 4.78 is 0. The molecule has 28 heavy (non-hydrogen) atoms. The summed E-state index contributed by atoms with van der Waals surface area (Å²) in [5.41, 5.74) is 6.07. The quantitative estimate of drug-likeness (QED) is 0.597. The highest BCUT2D eigenvalue weighted by Crippen LogP contribution is 2.08. The molecular weight excluding hydrogens is 348 g/mol. The summed E-state index contributed by atoms with van der Waals surface area (Å²) in [6, 6.07) is 20.6. The Morgan fingerprint density at radius 2 is 1.57 bits per heavy atom. The van der Waals surface area contributed by atoms with Crippen molar-refractivity contribution in [3.05, 3.63) is 77.4 Å². The third-order valence-electron chi connectivity index (χ3n) is 4.73. The van der Waals surface area contributed by atoms with Crippen molar-refractivity contribution in [1.29, 1.82) is 0 Å². The predicted octanol–water partition coefficient (Wildman–Crippen LogP) is 3.01. The van der Waals surface area contributed by atoms with E-state index in [1.165, 1.54) is 5.56 Å². The van der Waals surface area contributed by atoms with Crippen molar-refractivity contribution in [2.24, 2.45) is 5.10 Å². The highest BCUT2D eigenvalue weighted by Gasteiger charge is 2.18. The highest BCUT2D eigenvalue weighted by atomic mass is 16.2. The Hall–Kier alpha value is -2.76. The largest absolute Gasteiger partial charge is 0.297 e. The van der Waals surface area contributed by atoms with Crippen molar-refractivity contribution < 1.29 is 4.79 Å². The molecule has 1 aliphatic heterocycles. The zero-order valence-electron chi connectivity index (χ0n) is 16.4. The molecule has 0 aromatic heterocycles. The molecule has 2 aromatic rings. The Morgan fingerprint density at radius 1 is 0.964 bits per heavy atom. The summed E-state index contributed by atoms with van der Waals surface area (Å²) in [7, 11) is 0. The van der Waals surface area contributed by atoms with Gasteiger partial charge in [-0.2, -0.15) is 5.10 Å². The lowest BCUT2D eigenvalue weighted by molar-refractivity contribution is -0.122. The van der Waals surface area contributed by atoms with Crippen LogP contribution in [0, 0.1) is 0 Å². The molecule has 0 unspecified atom stereocenters. The molecule has 1 aliphatic rings. The Kier molecular flexibility index (Phi) is 7.53. The molecule has 0 radical (unpaired) electrons. The van der Waals surface area contributed by atoms with Gasteiger partial charge in [0.2, 0.25) is 0 Å². The molecule has 2 aromatic carbocycles. The summed E-state index contributed by atoms with van der Waals surface area (Å²) in [5, 5.41) is 4.07. The maximum absolute atomic E-state index is 12.1. The van der Waals surface area contributed by atoms with Crippen LogP contribution < -0.4 is 5.43 Å². The van der Waals surface area contributed by atoms with Gasteiger partial charge in [-0.25, -0.2) is 5.43 Å². The van der Waals surface area contributed by atoms with Gasteiger partial charge in [0.15, 0.2) is 0 Å². The van der Waals surface area contributed by atoms with Crippen molar-refractivity contribution in [3.8, 4) is 0 Å². The monoisotopic (exact) mass is 376 g/mol. The van der Waals surface area contributed by atoms with Crippen LogP contribution in [0.5, 0.6) is 0 Å². The van der Waals surface area contributed by atoms with Gasteiger partial charge in [-0.15, -0.1) is 0 Å². The molecule has 146 valence electrons. The molecule has 1 fully saturated rings. The number of allylic oxidation sites excluding steroid dienone is 1. The fourth-order valence-electron chi connectivity index (χ4n) is 3.24. The van der Waals surface area contributed by atoms with E-state index >= 15 is 0 Å². The van der Waals surface area contributed by atoms with E-state index in [1.807, 2.05) is 49.4 Å². The molecule has 0 bridgehead atoms. The van der Waals surface area contributed by atoms with Gasteiger partial charge in [-0.05, 0) is 23.6 Å². The second kappa shape index (κ2) is 10.5. The minimum absolute atomic E-state index is 0.0692. The van der Waals surface area contributed by atoms with E-state index in [-0.39, 0.29) is 5.91 Å². The summed E-state index contributed by atoms with van der Waals surface area (Å²) in [4.78, 5) is 16.7. The molecule has 3 rings (SSSR count). The average Bonchev–Trinajstić information content (AvgIpc) is 2.71. The zero-order valence-corrected chi connectivity index (χ0v) is 16.4. The summed E-state index contributed by atoms with van der Waals surface area (Å²) in [5.74, 6) is -0.0692. The van der Waals surface area contributed by atoms with E-state index in [0.717, 1.165) is 43.9 Å². The third kappa shape index (κ3) is 6.76. The summed E-state index contributed by atoms with van der Waals surface area (Å²) in [6.07, 6.45) is 3.71. The fourth-order valence-corrected chi connectivity index (χ4v) is 3.24. The van der Waals surface area contributed by atoms with Gasteiger partial charge in [0.05, 0.1) is 12.8 Å². The zero-order chi connectivity index (χ0) is 19.6. The number of nitrogens with one attached hydrogen (secondary N) is 1. The number of piperazine rings is 1. The van der Waals surface area contributed by atoms with Crippen LogP contribution in [-0.4, -0.2) is 54.6 Å². The van der Waals surface area contributed by atoms with Crippen molar-refractivity contribution in [2.75, 3.05) is 32.7 Å². The summed E-state index contributed by atoms with van der Waals surface area (Å²) in [6.45, 7) is 7.08. The van der Waals surface area contributed by atoms with Crippen LogP contribution in [0.4, 0.5) is 0 Å². The molecule has 1 heterocycles. The lowest BCUT2D eigenvalue weighted by atomic mass is 10.1. The maximum Gasteiger partial charge on any atom is 0.254 e. The Balaban J connectivity index is 1.37. The van der Waals surface area contributed by atoms with E-state index in [9.17, 15) is 4.79 Å². The van der Waals surface area contributed by atoms with E-state index < -0.39 is 0 Å². The Morgan fingerprint density at radius 3 is 2.25 bits per heavy atom. The van der Waals surface area contributed by atoms with Crippen molar-refractivity contribution in [2.45, 2.75) is 13.5 Å². The number of benzene rings is 2.